The highest BCUT2D eigenvalue weighted by Crippen LogP contribution is 2.34. The lowest BCUT2D eigenvalue weighted by Crippen LogP contribution is -2.43. The van der Waals surface area contributed by atoms with E-state index in [1.165, 1.54) is 36.0 Å². The Labute approximate surface area is 187 Å². The third-order valence-corrected chi connectivity index (χ3v) is 5.84. The SMILES string of the molecule is COC(=O)C(NC(=O)c1cn2nc(-c3ccc(Cl)c(F)c3)[nH]c(=O)c2c1C(C)C)C1CC1. The van der Waals surface area contributed by atoms with Gasteiger partial charge in [-0.15, -0.1) is 5.10 Å². The average molecular weight is 461 g/mol. The summed E-state index contributed by atoms with van der Waals surface area (Å²) in [7, 11) is 1.28. The predicted molar refractivity (Wildman–Crippen MR) is 116 cm³/mol. The number of hydrogen-bond acceptors (Lipinski definition) is 5. The van der Waals surface area contributed by atoms with Crippen LogP contribution in [0.5, 0.6) is 0 Å². The van der Waals surface area contributed by atoms with E-state index in [0.29, 0.717) is 11.1 Å². The number of methoxy groups -OCH3 is 1. The number of H-pyrrole nitrogens is 1. The molecular weight excluding hydrogens is 439 g/mol. The van der Waals surface area contributed by atoms with Crippen LogP contribution in [0.2, 0.25) is 5.02 Å². The van der Waals surface area contributed by atoms with Gasteiger partial charge < -0.3 is 15.0 Å². The standard InChI is InChI=1S/C22H22ClFN4O4/c1-10(2)16-13(20(29)25-17(11-4-5-11)22(31)32-3)9-28-18(16)21(30)26-19(27-28)12-6-7-14(23)15(24)8-12/h6-11,17H,4-5H2,1-3H3,(H,25,29)(H,26,27,30). The van der Waals surface area contributed by atoms with Crippen LogP contribution in [0.3, 0.4) is 0 Å². The van der Waals surface area contributed by atoms with Crippen LogP contribution in [-0.4, -0.2) is 39.6 Å². The number of aromatic amines is 1. The number of nitrogens with zero attached hydrogens (tertiary/aromatic N) is 2. The number of ether oxygens (including phenoxy) is 1. The molecule has 10 heteroatoms. The number of esters is 1. The molecule has 8 nitrogen and oxygen atoms in total. The van der Waals surface area contributed by atoms with Gasteiger partial charge in [-0.05, 0) is 42.9 Å². The predicted octanol–water partition coefficient (Wildman–Crippen LogP) is 3.29. The van der Waals surface area contributed by atoms with Gasteiger partial charge in [0.15, 0.2) is 5.82 Å². The van der Waals surface area contributed by atoms with Crippen LogP contribution in [0.25, 0.3) is 16.9 Å². The number of halogens is 2. The maximum absolute atomic E-state index is 13.9. The summed E-state index contributed by atoms with van der Waals surface area (Å²) in [5.41, 5.74) is 0.817. The van der Waals surface area contributed by atoms with Crippen LogP contribution in [0, 0.1) is 11.7 Å². The molecule has 4 rings (SSSR count). The fraction of sp³-hybridized carbons (Fsp3) is 0.364. The molecule has 0 saturated heterocycles. The molecule has 1 amide bonds. The van der Waals surface area contributed by atoms with Gasteiger partial charge in [0.1, 0.15) is 17.4 Å². The summed E-state index contributed by atoms with van der Waals surface area (Å²) in [6.07, 6.45) is 3.11. The molecule has 1 fully saturated rings. The van der Waals surface area contributed by atoms with E-state index in [1.807, 2.05) is 13.8 Å². The van der Waals surface area contributed by atoms with Gasteiger partial charge in [0.25, 0.3) is 11.5 Å². The van der Waals surface area contributed by atoms with E-state index in [4.69, 9.17) is 16.3 Å². The number of rotatable bonds is 6. The molecule has 32 heavy (non-hydrogen) atoms. The largest absolute Gasteiger partial charge is 0.467 e. The second-order valence-corrected chi connectivity index (χ2v) is 8.55. The van der Waals surface area contributed by atoms with E-state index in [1.54, 1.807) is 0 Å². The fourth-order valence-electron chi connectivity index (χ4n) is 3.80. The summed E-state index contributed by atoms with van der Waals surface area (Å²) in [6, 6.07) is 3.33. The van der Waals surface area contributed by atoms with Gasteiger partial charge >= 0.3 is 5.97 Å². The highest BCUT2D eigenvalue weighted by molar-refractivity contribution is 6.30. The summed E-state index contributed by atoms with van der Waals surface area (Å²) in [5, 5.41) is 7.09. The molecule has 0 radical (unpaired) electrons. The van der Waals surface area contributed by atoms with Crippen LogP contribution in [0.4, 0.5) is 4.39 Å². The number of hydrogen-bond donors (Lipinski definition) is 2. The maximum atomic E-state index is 13.9. The van der Waals surface area contributed by atoms with Crippen molar-refractivity contribution >= 4 is 29.0 Å². The normalized spacial score (nSPS) is 14.6. The summed E-state index contributed by atoms with van der Waals surface area (Å²) in [6.45, 7) is 3.71. The molecule has 3 aromatic rings. The van der Waals surface area contributed by atoms with Gasteiger partial charge in [-0.1, -0.05) is 25.4 Å². The van der Waals surface area contributed by atoms with Crippen molar-refractivity contribution < 1.29 is 18.7 Å². The maximum Gasteiger partial charge on any atom is 0.328 e. The van der Waals surface area contributed by atoms with Crippen LogP contribution in [-0.2, 0) is 9.53 Å². The number of benzene rings is 1. The van der Waals surface area contributed by atoms with Gasteiger partial charge in [0.2, 0.25) is 0 Å². The van der Waals surface area contributed by atoms with Gasteiger partial charge in [-0.25, -0.2) is 13.7 Å². The lowest BCUT2D eigenvalue weighted by atomic mass is 9.99. The van der Waals surface area contributed by atoms with Gasteiger partial charge in [0.05, 0.1) is 17.7 Å². The Morgan fingerprint density at radius 2 is 2.06 bits per heavy atom. The topological polar surface area (TPSA) is 106 Å². The van der Waals surface area contributed by atoms with E-state index in [9.17, 15) is 18.8 Å². The van der Waals surface area contributed by atoms with Crippen molar-refractivity contribution in [2.75, 3.05) is 7.11 Å². The molecule has 1 atom stereocenters. The minimum Gasteiger partial charge on any atom is -0.467 e. The Hall–Kier alpha value is -3.20. The van der Waals surface area contributed by atoms with Crippen LogP contribution >= 0.6 is 11.6 Å². The summed E-state index contributed by atoms with van der Waals surface area (Å²) >= 11 is 5.74. The lowest BCUT2D eigenvalue weighted by Gasteiger charge is -2.16. The molecule has 2 aromatic heterocycles. The van der Waals surface area contributed by atoms with E-state index in [2.05, 4.69) is 15.4 Å². The summed E-state index contributed by atoms with van der Waals surface area (Å²) in [5.74, 6) is -1.64. The first kappa shape index (κ1) is 22.0. The third kappa shape index (κ3) is 4.00. The Balaban J connectivity index is 1.79. The first-order valence-electron chi connectivity index (χ1n) is 10.2. The highest BCUT2D eigenvalue weighted by atomic mass is 35.5. The average Bonchev–Trinajstić information content (AvgIpc) is 3.51. The smallest absolute Gasteiger partial charge is 0.328 e. The Morgan fingerprint density at radius 1 is 1.34 bits per heavy atom. The molecule has 1 aromatic carbocycles. The first-order chi connectivity index (χ1) is 15.2. The Kier molecular flexibility index (Phi) is 5.77. The van der Waals surface area contributed by atoms with E-state index in [0.717, 1.165) is 12.8 Å². The molecule has 1 aliphatic carbocycles. The van der Waals surface area contributed by atoms with Crippen molar-refractivity contribution in [1.29, 1.82) is 0 Å². The fourth-order valence-corrected chi connectivity index (χ4v) is 3.91. The van der Waals surface area contributed by atoms with Gasteiger partial charge in [-0.3, -0.25) is 9.59 Å². The van der Waals surface area contributed by atoms with Crippen LogP contribution in [0.15, 0.2) is 29.2 Å². The van der Waals surface area contributed by atoms with E-state index >= 15 is 0 Å². The van der Waals surface area contributed by atoms with Crippen molar-refractivity contribution in [3.05, 3.63) is 56.7 Å². The number of aromatic nitrogens is 3. The molecule has 0 bridgehead atoms. The number of nitrogens with one attached hydrogen (secondary N) is 2. The third-order valence-electron chi connectivity index (χ3n) is 5.53. The highest BCUT2D eigenvalue weighted by Gasteiger charge is 2.39. The lowest BCUT2D eigenvalue weighted by molar-refractivity contribution is -0.143. The number of amides is 1. The molecule has 0 aliphatic heterocycles. The molecule has 2 heterocycles. The zero-order valence-corrected chi connectivity index (χ0v) is 18.5. The van der Waals surface area contributed by atoms with Crippen molar-refractivity contribution in [2.45, 2.75) is 38.6 Å². The van der Waals surface area contributed by atoms with Crippen molar-refractivity contribution in [3.63, 3.8) is 0 Å². The molecule has 1 aliphatic rings. The molecule has 1 unspecified atom stereocenters. The molecule has 168 valence electrons. The minimum atomic E-state index is -0.741. The van der Waals surface area contributed by atoms with Crippen LogP contribution < -0.4 is 10.9 Å². The first-order valence-corrected chi connectivity index (χ1v) is 10.6. The second-order valence-electron chi connectivity index (χ2n) is 8.15. The van der Waals surface area contributed by atoms with Gasteiger partial charge in [-0.2, -0.15) is 0 Å². The van der Waals surface area contributed by atoms with Gasteiger partial charge in [0, 0.05) is 17.3 Å². The zero-order valence-electron chi connectivity index (χ0n) is 17.7. The Morgan fingerprint density at radius 3 is 2.66 bits per heavy atom. The van der Waals surface area contributed by atoms with E-state index < -0.39 is 29.3 Å². The monoisotopic (exact) mass is 460 g/mol. The minimum absolute atomic E-state index is 0.0406. The quantitative estimate of drug-likeness (QED) is 0.549. The summed E-state index contributed by atoms with van der Waals surface area (Å²) in [4.78, 5) is 40.8. The number of fused-ring (bicyclic) bond motifs is 1. The van der Waals surface area contributed by atoms with Crippen molar-refractivity contribution in [1.82, 2.24) is 19.9 Å². The van der Waals surface area contributed by atoms with Crippen molar-refractivity contribution in [3.8, 4) is 11.4 Å². The van der Waals surface area contributed by atoms with Crippen LogP contribution in [0.1, 0.15) is 48.5 Å². The zero-order chi connectivity index (χ0) is 23.2. The Bertz CT molecular complexity index is 1280. The second kappa shape index (κ2) is 8.38. The molecule has 2 N–H and O–H groups in total. The number of carbonyl (C=O) groups excluding carboxylic acids is 2. The summed E-state index contributed by atoms with van der Waals surface area (Å²) < 4.78 is 20.0. The molecular formula is C22H22ClFN4O4. The molecule has 0 spiro atoms. The number of carbonyl (C=O) groups is 2. The van der Waals surface area contributed by atoms with E-state index in [-0.39, 0.29) is 33.8 Å². The molecule has 1 saturated carbocycles. The van der Waals surface area contributed by atoms with Crippen molar-refractivity contribution in [2.24, 2.45) is 5.92 Å².